The van der Waals surface area contributed by atoms with Gasteiger partial charge in [0.25, 0.3) is 5.91 Å². The summed E-state index contributed by atoms with van der Waals surface area (Å²) in [6.45, 7) is 3.17. The molecule has 2 aliphatic rings. The molecule has 0 saturated carbocycles. The topological polar surface area (TPSA) is 115 Å². The number of ether oxygens (including phenoxy) is 2. The summed E-state index contributed by atoms with van der Waals surface area (Å²) in [5, 5.41) is 23.9. The first kappa shape index (κ1) is 24.2. The summed E-state index contributed by atoms with van der Waals surface area (Å²) < 4.78 is 11.0. The number of aliphatic hydroxyl groups excluding tert-OH is 1. The molecule has 0 radical (unpaired) electrons. The lowest BCUT2D eigenvalue weighted by Gasteiger charge is -2.33. The first-order chi connectivity index (χ1) is 15.3. The van der Waals surface area contributed by atoms with Gasteiger partial charge >= 0.3 is 6.09 Å². The first-order valence-corrected chi connectivity index (χ1v) is 11.1. The van der Waals surface area contributed by atoms with Gasteiger partial charge in [-0.2, -0.15) is 5.06 Å². The molecule has 3 N–H and O–H groups in total. The van der Waals surface area contributed by atoms with E-state index < -0.39 is 6.10 Å². The Morgan fingerprint density at radius 2 is 2.03 bits per heavy atom. The van der Waals surface area contributed by atoms with Gasteiger partial charge in [0.2, 0.25) is 0 Å². The monoisotopic (exact) mass is 450 g/mol. The summed E-state index contributed by atoms with van der Waals surface area (Å²) in [5.41, 5.74) is 1.20. The quantitative estimate of drug-likeness (QED) is 0.475. The van der Waals surface area contributed by atoms with Gasteiger partial charge in [-0.05, 0) is 45.5 Å². The minimum atomic E-state index is -0.679. The van der Waals surface area contributed by atoms with Gasteiger partial charge in [0.1, 0.15) is 25.1 Å². The molecule has 2 aliphatic heterocycles. The van der Waals surface area contributed by atoms with Crippen molar-refractivity contribution in [2.75, 3.05) is 58.6 Å². The summed E-state index contributed by atoms with van der Waals surface area (Å²) >= 11 is 0. The van der Waals surface area contributed by atoms with Crippen molar-refractivity contribution >= 4 is 17.7 Å². The predicted molar refractivity (Wildman–Crippen MR) is 118 cm³/mol. The van der Waals surface area contributed by atoms with Crippen LogP contribution in [0.25, 0.3) is 0 Å². The Kier molecular flexibility index (Phi) is 8.68. The zero-order valence-corrected chi connectivity index (χ0v) is 18.8. The smallest absolute Gasteiger partial charge is 0.407 e. The maximum atomic E-state index is 11.9. The molecular weight excluding hydrogens is 416 g/mol. The molecule has 1 unspecified atom stereocenters. The van der Waals surface area contributed by atoms with Crippen molar-refractivity contribution in [3.63, 3.8) is 0 Å². The Hall–Kier alpha value is -2.40. The van der Waals surface area contributed by atoms with Crippen molar-refractivity contribution in [2.24, 2.45) is 0 Å². The van der Waals surface area contributed by atoms with Gasteiger partial charge in [-0.25, -0.2) is 4.79 Å². The SMILES string of the molecule is CN(C)CCOC(=O)NC1CCN(CC(O)COc2cccc3c2CCC(=O)N3O)CC1. The minimum absolute atomic E-state index is 0.0754. The molecule has 0 spiro atoms. The van der Waals surface area contributed by atoms with Crippen LogP contribution in [0.2, 0.25) is 0 Å². The summed E-state index contributed by atoms with van der Waals surface area (Å²) in [4.78, 5) is 27.6. The molecule has 1 atom stereocenters. The number of nitrogens with one attached hydrogen (secondary N) is 1. The normalized spacial score (nSPS) is 18.4. The number of benzene rings is 1. The van der Waals surface area contributed by atoms with E-state index in [1.165, 1.54) is 0 Å². The molecule has 10 heteroatoms. The molecule has 10 nitrogen and oxygen atoms in total. The number of likely N-dealkylation sites (N-methyl/N-ethyl adjacent to an activating group) is 1. The number of hydroxylamine groups is 1. The number of likely N-dealkylation sites (tertiary alicyclic amines) is 1. The predicted octanol–water partition coefficient (Wildman–Crippen LogP) is 0.847. The molecule has 3 rings (SSSR count). The van der Waals surface area contributed by atoms with E-state index in [-0.39, 0.29) is 31.1 Å². The molecule has 32 heavy (non-hydrogen) atoms. The summed E-state index contributed by atoms with van der Waals surface area (Å²) in [5.74, 6) is 0.234. The highest BCUT2D eigenvalue weighted by molar-refractivity contribution is 5.94. The van der Waals surface area contributed by atoms with Crippen LogP contribution in [0.4, 0.5) is 10.5 Å². The number of anilines is 1. The number of alkyl carbamates (subject to hydrolysis) is 1. The first-order valence-electron chi connectivity index (χ1n) is 11.1. The van der Waals surface area contributed by atoms with E-state index in [4.69, 9.17) is 9.47 Å². The van der Waals surface area contributed by atoms with Crippen molar-refractivity contribution in [3.8, 4) is 5.75 Å². The second-order valence-corrected chi connectivity index (χ2v) is 8.58. The van der Waals surface area contributed by atoms with Crippen molar-refractivity contribution in [1.29, 1.82) is 0 Å². The van der Waals surface area contributed by atoms with Crippen LogP contribution < -0.4 is 15.1 Å². The highest BCUT2D eigenvalue weighted by Crippen LogP contribution is 2.33. The van der Waals surface area contributed by atoms with Crippen molar-refractivity contribution in [1.82, 2.24) is 15.1 Å². The van der Waals surface area contributed by atoms with Crippen molar-refractivity contribution in [3.05, 3.63) is 23.8 Å². The van der Waals surface area contributed by atoms with Crippen LogP contribution in [0.5, 0.6) is 5.75 Å². The van der Waals surface area contributed by atoms with Gasteiger partial charge in [0.05, 0.1) is 5.69 Å². The number of amides is 2. The molecule has 1 aromatic rings. The molecule has 1 fully saturated rings. The van der Waals surface area contributed by atoms with Crippen LogP contribution in [-0.2, 0) is 16.0 Å². The van der Waals surface area contributed by atoms with E-state index >= 15 is 0 Å². The van der Waals surface area contributed by atoms with Crippen LogP contribution in [0.3, 0.4) is 0 Å². The molecular formula is C22H34N4O6. The third kappa shape index (κ3) is 6.80. The molecule has 1 aromatic carbocycles. The van der Waals surface area contributed by atoms with Crippen molar-refractivity contribution in [2.45, 2.75) is 37.8 Å². The lowest BCUT2D eigenvalue weighted by atomic mass is 10.0. The highest BCUT2D eigenvalue weighted by atomic mass is 16.5. The number of aliphatic hydroxyl groups is 1. The average molecular weight is 451 g/mol. The van der Waals surface area contributed by atoms with E-state index in [2.05, 4.69) is 10.2 Å². The maximum absolute atomic E-state index is 11.9. The molecule has 2 heterocycles. The van der Waals surface area contributed by atoms with Gasteiger partial charge in [0, 0.05) is 44.2 Å². The number of carbonyl (C=O) groups excluding carboxylic acids is 2. The third-order valence-corrected chi connectivity index (χ3v) is 5.74. The van der Waals surface area contributed by atoms with Gasteiger partial charge in [-0.3, -0.25) is 10.0 Å². The molecule has 1 saturated heterocycles. The number of rotatable bonds is 9. The van der Waals surface area contributed by atoms with Crippen LogP contribution in [0.1, 0.15) is 24.8 Å². The average Bonchev–Trinajstić information content (AvgIpc) is 2.76. The van der Waals surface area contributed by atoms with Gasteiger partial charge in [-0.15, -0.1) is 0 Å². The maximum Gasteiger partial charge on any atom is 0.407 e. The van der Waals surface area contributed by atoms with E-state index in [9.17, 15) is 19.9 Å². The lowest BCUT2D eigenvalue weighted by molar-refractivity contribution is -0.124. The zero-order chi connectivity index (χ0) is 23.1. The van der Waals surface area contributed by atoms with E-state index in [0.29, 0.717) is 42.6 Å². The highest BCUT2D eigenvalue weighted by Gasteiger charge is 2.26. The Morgan fingerprint density at radius 3 is 2.75 bits per heavy atom. The second-order valence-electron chi connectivity index (χ2n) is 8.58. The number of hydrogen-bond donors (Lipinski definition) is 3. The fourth-order valence-electron chi connectivity index (χ4n) is 3.94. The Labute approximate surface area is 188 Å². The molecule has 0 bridgehead atoms. The number of carbonyl (C=O) groups is 2. The van der Waals surface area contributed by atoms with Gasteiger partial charge in [-0.1, -0.05) is 6.07 Å². The van der Waals surface area contributed by atoms with Crippen LogP contribution in [-0.4, -0.2) is 97.7 Å². The van der Waals surface area contributed by atoms with E-state index in [1.807, 2.05) is 19.0 Å². The minimum Gasteiger partial charge on any atom is -0.490 e. The summed E-state index contributed by atoms with van der Waals surface area (Å²) in [7, 11) is 3.85. The number of piperidine rings is 1. The molecule has 178 valence electrons. The zero-order valence-electron chi connectivity index (χ0n) is 18.8. The van der Waals surface area contributed by atoms with Crippen LogP contribution >= 0.6 is 0 Å². The fraction of sp³-hybridized carbons (Fsp3) is 0.636. The van der Waals surface area contributed by atoms with Crippen LogP contribution in [0, 0.1) is 0 Å². The molecule has 0 aliphatic carbocycles. The summed E-state index contributed by atoms with van der Waals surface area (Å²) in [6.07, 6.45) is 1.25. The van der Waals surface area contributed by atoms with E-state index in [0.717, 1.165) is 31.5 Å². The number of hydrogen-bond acceptors (Lipinski definition) is 8. The molecule has 0 aromatic heterocycles. The Morgan fingerprint density at radius 1 is 1.28 bits per heavy atom. The fourth-order valence-corrected chi connectivity index (χ4v) is 3.94. The van der Waals surface area contributed by atoms with Gasteiger partial charge < -0.3 is 29.7 Å². The standard InChI is InChI=1S/C22H34N4O6/c1-24(2)12-13-31-22(29)23-16-8-10-25(11-9-16)14-17(27)15-32-20-5-3-4-19-18(20)6-7-21(28)26(19)30/h3-5,16-17,27,30H,6-15H2,1-2H3,(H,23,29). The van der Waals surface area contributed by atoms with Crippen LogP contribution in [0.15, 0.2) is 18.2 Å². The van der Waals surface area contributed by atoms with Crippen molar-refractivity contribution < 1.29 is 29.4 Å². The number of fused-ring (bicyclic) bond motifs is 1. The number of nitrogens with zero attached hydrogens (tertiary/aromatic N) is 3. The van der Waals surface area contributed by atoms with E-state index in [1.54, 1.807) is 18.2 Å². The lowest BCUT2D eigenvalue weighted by Crippen LogP contribution is -2.47. The third-order valence-electron chi connectivity index (χ3n) is 5.74. The Balaban J connectivity index is 1.38. The Bertz CT molecular complexity index is 782. The number of β-amino-alcohol motifs (C(OH)–C–C–N with tert-alkyl or cyclic N) is 1. The largest absolute Gasteiger partial charge is 0.490 e. The summed E-state index contributed by atoms with van der Waals surface area (Å²) in [6, 6.07) is 5.24. The second kappa shape index (κ2) is 11.5. The molecule has 2 amide bonds. The van der Waals surface area contributed by atoms with Gasteiger partial charge in [0.15, 0.2) is 0 Å².